The number of halogens is 1. The van der Waals surface area contributed by atoms with Crippen LogP contribution in [0.2, 0.25) is 5.02 Å². The molecule has 1 unspecified atom stereocenters. The number of hydrogen-bond acceptors (Lipinski definition) is 4. The second-order valence-electron chi connectivity index (χ2n) is 7.11. The molecule has 1 aliphatic heterocycles. The van der Waals surface area contributed by atoms with Crippen molar-refractivity contribution in [2.45, 2.75) is 13.0 Å². The molecule has 2 N–H and O–H groups in total. The molecule has 1 amide bonds. The summed E-state index contributed by atoms with van der Waals surface area (Å²) in [6.45, 7) is 1.89. The molecular formula is C23H18ClN5O. The average molecular weight is 416 g/mol. The molecule has 3 heterocycles. The van der Waals surface area contributed by atoms with Crippen molar-refractivity contribution in [3.05, 3.63) is 94.9 Å². The van der Waals surface area contributed by atoms with Gasteiger partial charge >= 0.3 is 0 Å². The van der Waals surface area contributed by atoms with Crippen molar-refractivity contribution in [2.75, 3.05) is 10.6 Å². The van der Waals surface area contributed by atoms with Crippen LogP contribution in [0.4, 0.5) is 11.6 Å². The van der Waals surface area contributed by atoms with E-state index in [-0.39, 0.29) is 11.9 Å². The number of carbonyl (C=O) groups excluding carboxylic acids is 1. The number of allylic oxidation sites excluding steroid dienone is 1. The number of nitrogens with one attached hydrogen (secondary N) is 2. The number of imidazole rings is 1. The van der Waals surface area contributed by atoms with Crippen molar-refractivity contribution < 1.29 is 4.79 Å². The fourth-order valence-electron chi connectivity index (χ4n) is 3.84. The lowest BCUT2D eigenvalue weighted by Gasteiger charge is -2.30. The van der Waals surface area contributed by atoms with E-state index in [9.17, 15) is 4.79 Å². The van der Waals surface area contributed by atoms with Crippen LogP contribution in [-0.4, -0.2) is 20.4 Å². The summed E-state index contributed by atoms with van der Waals surface area (Å²) in [5.74, 6) is 0.505. The molecule has 6 nitrogen and oxygen atoms in total. The highest BCUT2D eigenvalue weighted by Gasteiger charge is 2.34. The summed E-state index contributed by atoms with van der Waals surface area (Å²) in [7, 11) is 0. The monoisotopic (exact) mass is 415 g/mol. The van der Waals surface area contributed by atoms with Gasteiger partial charge in [-0.3, -0.25) is 14.3 Å². The van der Waals surface area contributed by atoms with Gasteiger partial charge in [0.2, 0.25) is 5.95 Å². The van der Waals surface area contributed by atoms with Crippen LogP contribution in [0, 0.1) is 0 Å². The highest BCUT2D eigenvalue weighted by Crippen LogP contribution is 2.39. The Hall–Kier alpha value is -3.64. The maximum absolute atomic E-state index is 13.4. The molecule has 0 fully saturated rings. The Labute approximate surface area is 178 Å². The summed E-state index contributed by atoms with van der Waals surface area (Å²) in [5, 5.41) is 6.91. The zero-order chi connectivity index (χ0) is 20.7. The molecule has 0 spiro atoms. The van der Waals surface area contributed by atoms with Crippen LogP contribution in [0.3, 0.4) is 0 Å². The van der Waals surface area contributed by atoms with Crippen molar-refractivity contribution in [2.24, 2.45) is 0 Å². The second-order valence-corrected chi connectivity index (χ2v) is 7.54. The number of aromatic nitrogens is 3. The largest absolute Gasteiger partial charge is 0.329 e. The van der Waals surface area contributed by atoms with Crippen molar-refractivity contribution in [1.82, 2.24) is 14.5 Å². The average Bonchev–Trinajstić information content (AvgIpc) is 3.12. The zero-order valence-electron chi connectivity index (χ0n) is 16.1. The van der Waals surface area contributed by atoms with Crippen LogP contribution in [0.15, 0.2) is 84.3 Å². The molecule has 2 aromatic heterocycles. The number of anilines is 2. The van der Waals surface area contributed by atoms with Crippen LogP contribution in [0.5, 0.6) is 0 Å². The van der Waals surface area contributed by atoms with E-state index in [2.05, 4.69) is 20.2 Å². The number of pyridine rings is 1. The molecule has 0 saturated carbocycles. The lowest BCUT2D eigenvalue weighted by atomic mass is 9.95. The molecular weight excluding hydrogens is 398 g/mol. The Balaban J connectivity index is 1.65. The first-order chi connectivity index (χ1) is 14.6. The summed E-state index contributed by atoms with van der Waals surface area (Å²) in [6, 6.07) is 18.4. The highest BCUT2D eigenvalue weighted by atomic mass is 35.5. The molecule has 1 atom stereocenters. The fraction of sp³-hybridized carbons (Fsp3) is 0.0870. The van der Waals surface area contributed by atoms with Crippen LogP contribution in [0.1, 0.15) is 18.5 Å². The number of rotatable bonds is 3. The van der Waals surface area contributed by atoms with Crippen LogP contribution in [0.25, 0.3) is 11.0 Å². The Bertz CT molecular complexity index is 1280. The molecule has 5 rings (SSSR count). The molecule has 2 aromatic carbocycles. The quantitative estimate of drug-likeness (QED) is 0.493. The van der Waals surface area contributed by atoms with Gasteiger partial charge < -0.3 is 10.6 Å². The third kappa shape index (κ3) is 3.11. The van der Waals surface area contributed by atoms with Gasteiger partial charge in [-0.15, -0.1) is 0 Å². The smallest absolute Gasteiger partial charge is 0.255 e. The molecule has 0 saturated heterocycles. The van der Waals surface area contributed by atoms with Gasteiger partial charge in [-0.05, 0) is 55.0 Å². The Morgan fingerprint density at radius 1 is 1.10 bits per heavy atom. The van der Waals surface area contributed by atoms with E-state index in [4.69, 9.17) is 16.6 Å². The molecule has 0 aliphatic carbocycles. The van der Waals surface area contributed by atoms with Gasteiger partial charge in [0.25, 0.3) is 5.91 Å². The minimum Gasteiger partial charge on any atom is -0.329 e. The zero-order valence-corrected chi connectivity index (χ0v) is 16.9. The van der Waals surface area contributed by atoms with Crippen molar-refractivity contribution in [3.63, 3.8) is 0 Å². The van der Waals surface area contributed by atoms with Crippen molar-refractivity contribution in [3.8, 4) is 0 Å². The van der Waals surface area contributed by atoms with E-state index in [1.165, 1.54) is 0 Å². The van der Waals surface area contributed by atoms with Gasteiger partial charge in [0.15, 0.2) is 0 Å². The number of nitrogens with zero attached hydrogens (tertiary/aromatic N) is 3. The van der Waals surface area contributed by atoms with Crippen LogP contribution in [-0.2, 0) is 4.79 Å². The standard InChI is InChI=1S/C23H18ClN5O/c1-14-20(22(30)27-17-10-8-16(24)9-11-17)21(15-5-4-12-25-13-15)29-19-7-3-2-6-18(19)28-23(29)26-14/h2-13,21H,1H3,(H,26,28)(H,27,30). The van der Waals surface area contributed by atoms with Gasteiger partial charge in [-0.25, -0.2) is 4.98 Å². The Morgan fingerprint density at radius 2 is 1.90 bits per heavy atom. The third-order valence-corrected chi connectivity index (χ3v) is 5.43. The minimum atomic E-state index is -0.366. The summed E-state index contributed by atoms with van der Waals surface area (Å²) in [4.78, 5) is 22.4. The van der Waals surface area contributed by atoms with Crippen molar-refractivity contribution >= 4 is 40.2 Å². The van der Waals surface area contributed by atoms with Crippen LogP contribution >= 0.6 is 11.6 Å². The Morgan fingerprint density at radius 3 is 2.67 bits per heavy atom. The van der Waals surface area contributed by atoms with E-state index in [1.807, 2.05) is 43.3 Å². The van der Waals surface area contributed by atoms with Crippen molar-refractivity contribution in [1.29, 1.82) is 0 Å². The number of carbonyl (C=O) groups is 1. The number of hydrogen-bond donors (Lipinski definition) is 2. The Kier molecular flexibility index (Phi) is 4.48. The summed E-state index contributed by atoms with van der Waals surface area (Å²) in [6.07, 6.45) is 3.51. The summed E-state index contributed by atoms with van der Waals surface area (Å²) < 4.78 is 2.05. The molecule has 7 heteroatoms. The lowest BCUT2D eigenvalue weighted by molar-refractivity contribution is -0.113. The van der Waals surface area contributed by atoms with E-state index >= 15 is 0 Å². The minimum absolute atomic E-state index is 0.195. The normalized spacial score (nSPS) is 15.6. The third-order valence-electron chi connectivity index (χ3n) is 5.18. The van der Waals surface area contributed by atoms with Crippen LogP contribution < -0.4 is 10.6 Å². The van der Waals surface area contributed by atoms with Gasteiger partial charge in [0.05, 0.1) is 22.6 Å². The maximum atomic E-state index is 13.4. The summed E-state index contributed by atoms with van der Waals surface area (Å²) >= 11 is 5.97. The predicted molar refractivity (Wildman–Crippen MR) is 119 cm³/mol. The molecule has 0 radical (unpaired) electrons. The molecule has 148 valence electrons. The second kappa shape index (κ2) is 7.31. The number of benzene rings is 2. The van der Waals surface area contributed by atoms with Gasteiger partial charge in [0.1, 0.15) is 0 Å². The van der Waals surface area contributed by atoms with E-state index < -0.39 is 0 Å². The predicted octanol–water partition coefficient (Wildman–Crippen LogP) is 5.01. The molecule has 30 heavy (non-hydrogen) atoms. The number of para-hydroxylation sites is 2. The first kappa shape index (κ1) is 18.4. The highest BCUT2D eigenvalue weighted by molar-refractivity contribution is 6.30. The van der Waals surface area contributed by atoms with Gasteiger partial charge in [-0.1, -0.05) is 29.8 Å². The lowest BCUT2D eigenvalue weighted by Crippen LogP contribution is -2.31. The fourth-order valence-corrected chi connectivity index (χ4v) is 3.97. The number of amides is 1. The first-order valence-corrected chi connectivity index (χ1v) is 9.91. The van der Waals surface area contributed by atoms with Gasteiger partial charge in [0, 0.05) is 28.8 Å². The molecule has 0 bridgehead atoms. The maximum Gasteiger partial charge on any atom is 0.255 e. The van der Waals surface area contributed by atoms with E-state index in [0.29, 0.717) is 22.2 Å². The van der Waals surface area contributed by atoms with E-state index in [0.717, 1.165) is 22.3 Å². The number of fused-ring (bicyclic) bond motifs is 3. The first-order valence-electron chi connectivity index (χ1n) is 9.53. The summed E-state index contributed by atoms with van der Waals surface area (Å²) in [5.41, 5.74) is 4.74. The topological polar surface area (TPSA) is 71.8 Å². The van der Waals surface area contributed by atoms with Gasteiger partial charge in [-0.2, -0.15) is 0 Å². The SMILES string of the molecule is CC1=C(C(=O)Nc2ccc(Cl)cc2)C(c2cccnc2)n2c(nc3ccccc32)N1. The molecule has 1 aliphatic rings. The van der Waals surface area contributed by atoms with E-state index in [1.54, 1.807) is 36.7 Å². The molecule has 4 aromatic rings.